The molecule has 5 nitrogen and oxygen atoms in total. The summed E-state index contributed by atoms with van der Waals surface area (Å²) in [6.07, 6.45) is 6.50. The molecular formula is C17H12ClN5S. The van der Waals surface area contributed by atoms with E-state index >= 15 is 0 Å². The highest BCUT2D eigenvalue weighted by Gasteiger charge is 2.18. The number of allylic oxidation sites excluding steroid dienone is 6. The number of nitrogens with zero attached hydrogens (tertiary/aromatic N) is 4. The third kappa shape index (κ3) is 4.14. The van der Waals surface area contributed by atoms with Crippen molar-refractivity contribution in [1.29, 1.82) is 10.5 Å². The highest BCUT2D eigenvalue weighted by atomic mass is 35.5. The molecule has 0 amide bonds. The number of aromatic nitrogens is 2. The van der Waals surface area contributed by atoms with Gasteiger partial charge in [-0.25, -0.2) is 9.97 Å². The first-order valence-electron chi connectivity index (χ1n) is 6.77. The lowest BCUT2D eigenvalue weighted by Crippen LogP contribution is -2.08. The van der Waals surface area contributed by atoms with E-state index in [4.69, 9.17) is 16.9 Å². The van der Waals surface area contributed by atoms with Gasteiger partial charge in [-0.05, 0) is 36.2 Å². The normalized spacial score (nSPS) is 16.6. The summed E-state index contributed by atoms with van der Waals surface area (Å²) in [6.45, 7) is 5.48. The quantitative estimate of drug-likeness (QED) is 0.498. The minimum absolute atomic E-state index is 0.0895. The number of hydrogen-bond acceptors (Lipinski definition) is 6. The zero-order valence-electron chi connectivity index (χ0n) is 12.7. The summed E-state index contributed by atoms with van der Waals surface area (Å²) in [4.78, 5) is 7.88. The van der Waals surface area contributed by atoms with Gasteiger partial charge < -0.3 is 5.32 Å². The standard InChI is InChI=1S/C17H12ClN5S/c1-3-12(8-19)5-4-11(2)15-10-24-16(22-15)13(9-20)14-6-7-21-17(18)23-14/h3-7,10,22H,1H2,2H3/b11-4+,12-5+,16-13-. The SMILES string of the molecule is C=C/C(C#N)=C\C=C(/C)C1=CS/C(=C(/C#N)c2ccnc(Cl)n2)N1. The van der Waals surface area contributed by atoms with Gasteiger partial charge in [0.1, 0.15) is 11.6 Å². The maximum absolute atomic E-state index is 9.44. The lowest BCUT2D eigenvalue weighted by molar-refractivity contribution is 1.06. The van der Waals surface area contributed by atoms with E-state index in [-0.39, 0.29) is 5.28 Å². The molecule has 0 saturated carbocycles. The van der Waals surface area contributed by atoms with Gasteiger partial charge >= 0.3 is 0 Å². The maximum atomic E-state index is 9.44. The Labute approximate surface area is 149 Å². The highest BCUT2D eigenvalue weighted by molar-refractivity contribution is 8.06. The van der Waals surface area contributed by atoms with E-state index in [1.54, 1.807) is 12.1 Å². The second kappa shape index (κ2) is 8.16. The van der Waals surface area contributed by atoms with Crippen LogP contribution in [0, 0.1) is 22.7 Å². The van der Waals surface area contributed by atoms with E-state index in [0.717, 1.165) is 11.3 Å². The van der Waals surface area contributed by atoms with Gasteiger partial charge in [0, 0.05) is 17.3 Å². The van der Waals surface area contributed by atoms with Crippen LogP contribution in [0.4, 0.5) is 0 Å². The third-order valence-electron chi connectivity index (χ3n) is 3.05. The summed E-state index contributed by atoms with van der Waals surface area (Å²) in [7, 11) is 0. The number of hydrogen-bond donors (Lipinski definition) is 1. The Morgan fingerprint density at radius 3 is 2.79 bits per heavy atom. The average Bonchev–Trinajstić information content (AvgIpc) is 3.06. The molecular weight excluding hydrogens is 342 g/mol. The molecule has 1 N–H and O–H groups in total. The largest absolute Gasteiger partial charge is 0.348 e. The van der Waals surface area contributed by atoms with E-state index in [2.05, 4.69) is 27.9 Å². The third-order valence-corrected chi connectivity index (χ3v) is 4.13. The van der Waals surface area contributed by atoms with Crippen LogP contribution in [0.3, 0.4) is 0 Å². The van der Waals surface area contributed by atoms with Crippen molar-refractivity contribution in [2.75, 3.05) is 0 Å². The number of rotatable bonds is 4. The number of nitriles is 2. The second-order valence-corrected chi connectivity index (χ2v) is 5.81. The van der Waals surface area contributed by atoms with Gasteiger partial charge in [0.2, 0.25) is 5.28 Å². The lowest BCUT2D eigenvalue weighted by atomic mass is 10.1. The highest BCUT2D eigenvalue weighted by Crippen LogP contribution is 2.33. The molecule has 0 aliphatic carbocycles. The molecule has 7 heteroatoms. The molecule has 1 aliphatic rings. The Balaban J connectivity index is 2.26. The minimum atomic E-state index is 0.0895. The molecule has 0 bridgehead atoms. The summed E-state index contributed by atoms with van der Waals surface area (Å²) in [5.41, 5.74) is 3.10. The molecule has 0 aromatic carbocycles. The van der Waals surface area contributed by atoms with Crippen LogP contribution in [0.1, 0.15) is 12.6 Å². The summed E-state index contributed by atoms with van der Waals surface area (Å²) < 4.78 is 0. The van der Waals surface area contributed by atoms with Gasteiger partial charge in [-0.1, -0.05) is 30.5 Å². The van der Waals surface area contributed by atoms with Gasteiger partial charge in [0.25, 0.3) is 0 Å². The molecule has 24 heavy (non-hydrogen) atoms. The molecule has 1 aliphatic heterocycles. The summed E-state index contributed by atoms with van der Waals surface area (Å²) in [5, 5.41) is 24.2. The van der Waals surface area contributed by atoms with Gasteiger partial charge in [0.15, 0.2) is 0 Å². The van der Waals surface area contributed by atoms with Gasteiger partial charge in [-0.15, -0.1) is 0 Å². The summed E-state index contributed by atoms with van der Waals surface area (Å²) in [5.74, 6) is 0. The van der Waals surface area contributed by atoms with E-state index in [9.17, 15) is 5.26 Å². The van der Waals surface area contributed by atoms with Crippen LogP contribution in [0.25, 0.3) is 5.57 Å². The van der Waals surface area contributed by atoms with Crippen LogP contribution in [0.5, 0.6) is 0 Å². The van der Waals surface area contributed by atoms with Crippen molar-refractivity contribution < 1.29 is 0 Å². The number of nitrogens with one attached hydrogen (secondary N) is 1. The van der Waals surface area contributed by atoms with Gasteiger partial charge in [0.05, 0.1) is 22.4 Å². The first kappa shape index (κ1) is 17.6. The fourth-order valence-electron chi connectivity index (χ4n) is 1.77. The van der Waals surface area contributed by atoms with Crippen LogP contribution in [0.15, 0.2) is 64.4 Å². The topological polar surface area (TPSA) is 85.4 Å². The van der Waals surface area contributed by atoms with Crippen LogP contribution >= 0.6 is 23.4 Å². The van der Waals surface area contributed by atoms with Crippen LogP contribution in [-0.2, 0) is 0 Å². The summed E-state index contributed by atoms with van der Waals surface area (Å²) >= 11 is 7.18. The van der Waals surface area contributed by atoms with E-state index in [1.807, 2.05) is 24.5 Å². The first-order chi connectivity index (χ1) is 11.6. The van der Waals surface area contributed by atoms with Crippen molar-refractivity contribution in [3.63, 3.8) is 0 Å². The van der Waals surface area contributed by atoms with Crippen molar-refractivity contribution in [1.82, 2.24) is 15.3 Å². The Hall–Kier alpha value is -2.80. The molecule has 1 aromatic rings. The van der Waals surface area contributed by atoms with Crippen molar-refractivity contribution in [2.45, 2.75) is 6.92 Å². The smallest absolute Gasteiger partial charge is 0.222 e. The molecule has 2 heterocycles. The zero-order chi connectivity index (χ0) is 17.5. The zero-order valence-corrected chi connectivity index (χ0v) is 14.3. The summed E-state index contributed by atoms with van der Waals surface area (Å²) in [6, 6.07) is 5.81. The molecule has 0 radical (unpaired) electrons. The molecule has 0 unspecified atom stereocenters. The second-order valence-electron chi connectivity index (χ2n) is 4.59. The number of halogens is 1. The Morgan fingerprint density at radius 2 is 2.17 bits per heavy atom. The fraction of sp³-hybridized carbons (Fsp3) is 0.0588. The molecule has 1 aromatic heterocycles. The van der Waals surface area contributed by atoms with Crippen LogP contribution < -0.4 is 5.32 Å². The number of thioether (sulfide) groups is 1. The van der Waals surface area contributed by atoms with Crippen molar-refractivity contribution in [2.24, 2.45) is 0 Å². The lowest BCUT2D eigenvalue weighted by Gasteiger charge is -2.07. The van der Waals surface area contributed by atoms with E-state index < -0.39 is 0 Å². The molecule has 0 fully saturated rings. The van der Waals surface area contributed by atoms with Gasteiger partial charge in [-0.3, -0.25) is 0 Å². The Morgan fingerprint density at radius 1 is 1.38 bits per heavy atom. The molecule has 0 spiro atoms. The van der Waals surface area contributed by atoms with Crippen molar-refractivity contribution in [3.05, 3.63) is 75.3 Å². The van der Waals surface area contributed by atoms with Crippen molar-refractivity contribution in [3.8, 4) is 12.1 Å². The Bertz CT molecular complexity index is 881. The van der Waals surface area contributed by atoms with Crippen molar-refractivity contribution >= 4 is 28.9 Å². The minimum Gasteiger partial charge on any atom is -0.348 e. The van der Waals surface area contributed by atoms with Crippen LogP contribution in [-0.4, -0.2) is 9.97 Å². The monoisotopic (exact) mass is 353 g/mol. The Kier molecular flexibility index (Phi) is 5.97. The molecule has 0 atom stereocenters. The maximum Gasteiger partial charge on any atom is 0.222 e. The van der Waals surface area contributed by atoms with Gasteiger partial charge in [-0.2, -0.15) is 10.5 Å². The molecule has 118 valence electrons. The average molecular weight is 354 g/mol. The predicted molar refractivity (Wildman–Crippen MR) is 96.0 cm³/mol. The van der Waals surface area contributed by atoms with E-state index in [1.165, 1.54) is 24.0 Å². The fourth-order valence-corrected chi connectivity index (χ4v) is 2.83. The molecule has 2 rings (SSSR count). The first-order valence-corrected chi connectivity index (χ1v) is 8.03. The molecule has 0 saturated heterocycles. The van der Waals surface area contributed by atoms with E-state index in [0.29, 0.717) is 21.9 Å². The van der Waals surface area contributed by atoms with Crippen LogP contribution in [0.2, 0.25) is 5.28 Å². The predicted octanol–water partition coefficient (Wildman–Crippen LogP) is 4.08.